The first-order valence-corrected chi connectivity index (χ1v) is 14.4. The van der Waals surface area contributed by atoms with Gasteiger partial charge >= 0.3 is 0 Å². The molecular formula is C39H26N4. The highest BCUT2D eigenvalue weighted by Crippen LogP contribution is 2.35. The molecule has 43 heavy (non-hydrogen) atoms. The molecule has 0 bridgehead atoms. The molecule has 202 valence electrons. The number of pyridine rings is 1. The van der Waals surface area contributed by atoms with Gasteiger partial charge in [0, 0.05) is 33.2 Å². The molecule has 4 heteroatoms. The van der Waals surface area contributed by atoms with Crippen LogP contribution < -0.4 is 0 Å². The number of rotatable bonds is 5. The van der Waals surface area contributed by atoms with E-state index < -0.39 is 0 Å². The molecule has 0 N–H and O–H groups in total. The highest BCUT2D eigenvalue weighted by Gasteiger charge is 2.16. The molecule has 0 radical (unpaired) electrons. The molecule has 0 spiro atoms. The van der Waals surface area contributed by atoms with Gasteiger partial charge in [-0.3, -0.25) is 0 Å². The van der Waals surface area contributed by atoms with E-state index in [2.05, 4.69) is 114 Å². The lowest BCUT2D eigenvalue weighted by molar-refractivity contribution is 0.979. The molecule has 0 saturated carbocycles. The van der Waals surface area contributed by atoms with Crippen molar-refractivity contribution in [2.24, 2.45) is 0 Å². The van der Waals surface area contributed by atoms with Crippen molar-refractivity contribution in [3.05, 3.63) is 158 Å². The second kappa shape index (κ2) is 10.5. The van der Waals surface area contributed by atoms with E-state index in [0.29, 0.717) is 5.82 Å². The van der Waals surface area contributed by atoms with Crippen molar-refractivity contribution in [1.82, 2.24) is 19.6 Å². The Labute approximate surface area is 249 Å². The first-order valence-electron chi connectivity index (χ1n) is 14.4. The molecule has 3 heterocycles. The summed E-state index contributed by atoms with van der Waals surface area (Å²) < 4.78 is 2.08. The zero-order valence-electron chi connectivity index (χ0n) is 23.3. The van der Waals surface area contributed by atoms with E-state index in [9.17, 15) is 0 Å². The minimum Gasteiger partial charge on any atom is -0.232 e. The molecule has 8 aromatic rings. The Hall–Kier alpha value is -5.87. The van der Waals surface area contributed by atoms with Crippen LogP contribution in [0.3, 0.4) is 0 Å². The molecule has 8 rings (SSSR count). The average molecular weight is 551 g/mol. The van der Waals surface area contributed by atoms with Crippen LogP contribution in [-0.2, 0) is 0 Å². The second-order valence-corrected chi connectivity index (χ2v) is 10.6. The maximum absolute atomic E-state index is 5.11. The molecule has 0 unspecified atom stereocenters. The normalized spacial score (nSPS) is 11.3. The van der Waals surface area contributed by atoms with Gasteiger partial charge in [0.15, 0.2) is 5.82 Å². The fourth-order valence-electron chi connectivity index (χ4n) is 5.66. The quantitative estimate of drug-likeness (QED) is 0.214. The largest absolute Gasteiger partial charge is 0.232 e. The van der Waals surface area contributed by atoms with Crippen molar-refractivity contribution in [2.75, 3.05) is 0 Å². The van der Waals surface area contributed by atoms with Gasteiger partial charge in [-0.2, -0.15) is 5.10 Å². The molecule has 0 atom stereocenters. The molecule has 0 fully saturated rings. The Morgan fingerprint density at radius 3 is 1.56 bits per heavy atom. The van der Waals surface area contributed by atoms with Crippen molar-refractivity contribution in [3.8, 4) is 56.4 Å². The van der Waals surface area contributed by atoms with E-state index in [4.69, 9.17) is 15.1 Å². The molecule has 0 aliphatic heterocycles. The molecule has 0 amide bonds. The number of aromatic nitrogens is 4. The molecular weight excluding hydrogens is 524 g/mol. The van der Waals surface area contributed by atoms with Gasteiger partial charge in [-0.05, 0) is 29.7 Å². The maximum atomic E-state index is 5.11. The van der Waals surface area contributed by atoms with E-state index in [1.807, 2.05) is 48.5 Å². The topological polar surface area (TPSA) is 43.1 Å². The number of hydrogen-bond acceptors (Lipinski definition) is 3. The summed E-state index contributed by atoms with van der Waals surface area (Å²) in [6, 6.07) is 54.4. The predicted octanol–water partition coefficient (Wildman–Crippen LogP) is 9.61. The summed E-state index contributed by atoms with van der Waals surface area (Å²) in [6.07, 6.45) is 0. The number of benzene rings is 5. The standard InChI is InChI=1S/C39H26N4/c1-5-13-27(14-6-1)34-25-35(41-39(40-34)30-19-11-4-12-20-30)32-22-21-31-24-37(29-17-9-3-10-18-29)43-38(33(31)23-32)26-36(42-43)28-15-7-2-8-16-28/h1-26H. The van der Waals surface area contributed by atoms with Crippen LogP contribution in [0.2, 0.25) is 0 Å². The molecule has 0 aliphatic rings. The van der Waals surface area contributed by atoms with E-state index in [1.54, 1.807) is 0 Å². The van der Waals surface area contributed by atoms with Gasteiger partial charge in [-0.15, -0.1) is 0 Å². The fourth-order valence-corrected chi connectivity index (χ4v) is 5.66. The summed E-state index contributed by atoms with van der Waals surface area (Å²) in [7, 11) is 0. The Bertz CT molecular complexity index is 2150. The van der Waals surface area contributed by atoms with Crippen LogP contribution in [0.5, 0.6) is 0 Å². The summed E-state index contributed by atoms with van der Waals surface area (Å²) in [5, 5.41) is 7.38. The maximum Gasteiger partial charge on any atom is 0.160 e. The molecule has 5 aromatic carbocycles. The van der Waals surface area contributed by atoms with E-state index in [1.165, 1.54) is 0 Å². The van der Waals surface area contributed by atoms with Gasteiger partial charge in [0.25, 0.3) is 0 Å². The Morgan fingerprint density at radius 2 is 0.930 bits per heavy atom. The van der Waals surface area contributed by atoms with E-state index in [-0.39, 0.29) is 0 Å². The summed E-state index contributed by atoms with van der Waals surface area (Å²) in [5.74, 6) is 0.706. The van der Waals surface area contributed by atoms with Crippen LogP contribution in [0.4, 0.5) is 0 Å². The van der Waals surface area contributed by atoms with Crippen LogP contribution in [0, 0.1) is 0 Å². The van der Waals surface area contributed by atoms with Crippen LogP contribution in [-0.4, -0.2) is 19.6 Å². The van der Waals surface area contributed by atoms with Gasteiger partial charge in [-0.25, -0.2) is 14.5 Å². The van der Waals surface area contributed by atoms with E-state index >= 15 is 0 Å². The monoisotopic (exact) mass is 550 g/mol. The van der Waals surface area contributed by atoms with Crippen molar-refractivity contribution in [2.45, 2.75) is 0 Å². The summed E-state index contributed by atoms with van der Waals surface area (Å²) in [5.41, 5.74) is 10.1. The van der Waals surface area contributed by atoms with Gasteiger partial charge in [0.2, 0.25) is 0 Å². The summed E-state index contributed by atoms with van der Waals surface area (Å²) >= 11 is 0. The average Bonchev–Trinajstić information content (AvgIpc) is 3.55. The summed E-state index contributed by atoms with van der Waals surface area (Å²) in [6.45, 7) is 0. The lowest BCUT2D eigenvalue weighted by Gasteiger charge is -2.12. The fraction of sp³-hybridized carbons (Fsp3) is 0. The van der Waals surface area contributed by atoms with Crippen molar-refractivity contribution in [3.63, 3.8) is 0 Å². The smallest absolute Gasteiger partial charge is 0.160 e. The molecule has 3 aromatic heterocycles. The highest BCUT2D eigenvalue weighted by molar-refractivity contribution is 6.01. The van der Waals surface area contributed by atoms with Gasteiger partial charge in [0.05, 0.1) is 28.3 Å². The third-order valence-corrected chi connectivity index (χ3v) is 7.82. The van der Waals surface area contributed by atoms with Crippen molar-refractivity contribution >= 4 is 16.3 Å². The van der Waals surface area contributed by atoms with Crippen LogP contribution in [0.1, 0.15) is 0 Å². The predicted molar refractivity (Wildman–Crippen MR) is 175 cm³/mol. The number of fused-ring (bicyclic) bond motifs is 3. The Morgan fingerprint density at radius 1 is 0.395 bits per heavy atom. The lowest BCUT2D eigenvalue weighted by Crippen LogP contribution is -1.97. The van der Waals surface area contributed by atoms with Gasteiger partial charge in [-0.1, -0.05) is 133 Å². The number of nitrogens with zero attached hydrogens (tertiary/aromatic N) is 4. The van der Waals surface area contributed by atoms with Crippen LogP contribution >= 0.6 is 0 Å². The minimum absolute atomic E-state index is 0.706. The van der Waals surface area contributed by atoms with Gasteiger partial charge in [0.1, 0.15) is 0 Å². The van der Waals surface area contributed by atoms with Crippen LogP contribution in [0.15, 0.2) is 158 Å². The van der Waals surface area contributed by atoms with Crippen LogP contribution in [0.25, 0.3) is 72.7 Å². The first kappa shape index (κ1) is 24.9. The first-order chi connectivity index (χ1) is 21.3. The molecule has 0 aliphatic carbocycles. The third kappa shape index (κ3) is 4.65. The zero-order valence-corrected chi connectivity index (χ0v) is 23.3. The number of hydrogen-bond donors (Lipinski definition) is 0. The highest BCUT2D eigenvalue weighted by atomic mass is 15.2. The third-order valence-electron chi connectivity index (χ3n) is 7.82. The van der Waals surface area contributed by atoms with E-state index in [0.717, 1.165) is 66.9 Å². The summed E-state index contributed by atoms with van der Waals surface area (Å²) in [4.78, 5) is 10.0. The zero-order chi connectivity index (χ0) is 28.6. The van der Waals surface area contributed by atoms with Gasteiger partial charge < -0.3 is 0 Å². The minimum atomic E-state index is 0.706. The Balaban J connectivity index is 1.36. The second-order valence-electron chi connectivity index (χ2n) is 10.6. The SMILES string of the molecule is c1ccc(-c2cc(-c3ccc4cc(-c5ccccc5)n5nc(-c6ccccc6)cc5c4c3)nc(-c3ccccc3)n2)cc1. The Kier molecular flexibility index (Phi) is 6.08. The molecule has 0 saturated heterocycles. The van der Waals surface area contributed by atoms with Crippen molar-refractivity contribution in [1.29, 1.82) is 0 Å². The molecule has 4 nitrogen and oxygen atoms in total. The van der Waals surface area contributed by atoms with Crippen molar-refractivity contribution < 1.29 is 0 Å². The lowest BCUT2D eigenvalue weighted by atomic mass is 10.0.